The highest BCUT2D eigenvalue weighted by Crippen LogP contribution is 2.22. The Morgan fingerprint density at radius 3 is 1.96 bits per heavy atom. The molecule has 0 aromatic carbocycles. The fourth-order valence-electron chi connectivity index (χ4n) is 4.04. The number of hydrogen-bond acceptors (Lipinski definition) is 4. The van der Waals surface area contributed by atoms with Crippen LogP contribution in [0.2, 0.25) is 0 Å². The van der Waals surface area contributed by atoms with Crippen LogP contribution in [0.3, 0.4) is 0 Å². The summed E-state index contributed by atoms with van der Waals surface area (Å²) < 4.78 is 5.49. The highest BCUT2D eigenvalue weighted by molar-refractivity contribution is 5.82. The van der Waals surface area contributed by atoms with Crippen LogP contribution in [0.15, 0.2) is 0 Å². The number of nitrogens with zero attached hydrogens (tertiary/aromatic N) is 3. The molecule has 1 atom stereocenters. The van der Waals surface area contributed by atoms with Gasteiger partial charge < -0.3 is 19.4 Å². The molecule has 3 saturated heterocycles. The highest BCUT2D eigenvalue weighted by Gasteiger charge is 2.34. The summed E-state index contributed by atoms with van der Waals surface area (Å²) in [4.78, 5) is 31.4. The lowest BCUT2D eigenvalue weighted by atomic mass is 9.94. The fraction of sp³-hybridized carbons (Fsp3) is 0.889. The van der Waals surface area contributed by atoms with Crippen molar-refractivity contribution < 1.29 is 14.3 Å². The second kappa shape index (κ2) is 7.83. The Kier molecular flexibility index (Phi) is 5.76. The Morgan fingerprint density at radius 1 is 0.875 bits per heavy atom. The minimum atomic E-state index is -0.243. The van der Waals surface area contributed by atoms with Gasteiger partial charge in [0.05, 0.1) is 0 Å². The van der Waals surface area contributed by atoms with Crippen LogP contribution in [0.25, 0.3) is 0 Å². The van der Waals surface area contributed by atoms with Crippen LogP contribution >= 0.6 is 0 Å². The van der Waals surface area contributed by atoms with E-state index in [1.54, 1.807) is 0 Å². The summed E-state index contributed by atoms with van der Waals surface area (Å²) >= 11 is 0. The summed E-state index contributed by atoms with van der Waals surface area (Å²) in [5, 5.41) is 0. The standard InChI is InChI=1S/C18H31N3O3/c1-14(2)19-7-5-15(6-8-19)17(22)20-9-11-21(12-10-20)18(23)16-4-3-13-24-16/h14-16H,3-13H2,1-2H3. The van der Waals surface area contributed by atoms with Crippen molar-refractivity contribution in [1.82, 2.24) is 14.7 Å². The number of likely N-dealkylation sites (tertiary alicyclic amines) is 1. The van der Waals surface area contributed by atoms with Crippen LogP contribution in [0.1, 0.15) is 39.5 Å². The lowest BCUT2D eigenvalue weighted by Crippen LogP contribution is -2.54. The third-order valence-corrected chi connectivity index (χ3v) is 5.72. The van der Waals surface area contributed by atoms with Crippen molar-refractivity contribution in [3.05, 3.63) is 0 Å². The Balaban J connectivity index is 1.44. The number of rotatable bonds is 3. The first kappa shape index (κ1) is 17.7. The molecule has 136 valence electrons. The van der Waals surface area contributed by atoms with Gasteiger partial charge in [0.2, 0.25) is 5.91 Å². The summed E-state index contributed by atoms with van der Waals surface area (Å²) in [5.41, 5.74) is 0. The number of ether oxygens (including phenoxy) is 1. The second-order valence-corrected chi connectivity index (χ2v) is 7.56. The highest BCUT2D eigenvalue weighted by atomic mass is 16.5. The van der Waals surface area contributed by atoms with E-state index in [0.717, 1.165) is 38.8 Å². The third kappa shape index (κ3) is 3.91. The molecule has 0 saturated carbocycles. The molecule has 0 aliphatic carbocycles. The predicted molar refractivity (Wildman–Crippen MR) is 91.6 cm³/mol. The van der Waals surface area contributed by atoms with Crippen molar-refractivity contribution in [3.8, 4) is 0 Å². The van der Waals surface area contributed by atoms with Gasteiger partial charge >= 0.3 is 0 Å². The molecule has 3 aliphatic rings. The van der Waals surface area contributed by atoms with E-state index in [0.29, 0.717) is 44.7 Å². The maximum absolute atomic E-state index is 12.7. The van der Waals surface area contributed by atoms with Gasteiger partial charge in [0.1, 0.15) is 6.10 Å². The molecular weight excluding hydrogens is 306 g/mol. The smallest absolute Gasteiger partial charge is 0.251 e. The van der Waals surface area contributed by atoms with Crippen molar-refractivity contribution in [2.45, 2.75) is 51.7 Å². The quantitative estimate of drug-likeness (QED) is 0.770. The number of hydrogen-bond donors (Lipinski definition) is 0. The lowest BCUT2D eigenvalue weighted by Gasteiger charge is -2.39. The van der Waals surface area contributed by atoms with E-state index in [9.17, 15) is 9.59 Å². The van der Waals surface area contributed by atoms with Crippen molar-refractivity contribution in [2.24, 2.45) is 5.92 Å². The summed E-state index contributed by atoms with van der Waals surface area (Å²) in [5.74, 6) is 0.577. The Bertz CT molecular complexity index is 446. The third-order valence-electron chi connectivity index (χ3n) is 5.72. The Morgan fingerprint density at radius 2 is 1.46 bits per heavy atom. The van der Waals surface area contributed by atoms with E-state index in [1.165, 1.54) is 0 Å². The van der Waals surface area contributed by atoms with E-state index in [1.807, 2.05) is 9.80 Å². The molecule has 3 heterocycles. The average Bonchev–Trinajstić information content (AvgIpc) is 3.15. The minimum absolute atomic E-state index is 0.116. The molecule has 3 aliphatic heterocycles. The van der Waals surface area contributed by atoms with Gasteiger partial charge in [-0.15, -0.1) is 0 Å². The molecule has 3 rings (SSSR count). The summed E-state index contributed by atoms with van der Waals surface area (Å²) in [6, 6.07) is 0.563. The molecule has 0 bridgehead atoms. The number of amides is 2. The molecule has 1 unspecified atom stereocenters. The van der Waals surface area contributed by atoms with Gasteiger partial charge in [-0.05, 0) is 52.6 Å². The maximum Gasteiger partial charge on any atom is 0.251 e. The lowest BCUT2D eigenvalue weighted by molar-refractivity contribution is -0.147. The minimum Gasteiger partial charge on any atom is -0.368 e. The molecule has 0 spiro atoms. The molecule has 24 heavy (non-hydrogen) atoms. The first-order valence-electron chi connectivity index (χ1n) is 9.49. The van der Waals surface area contributed by atoms with Gasteiger partial charge in [0.15, 0.2) is 0 Å². The SMILES string of the molecule is CC(C)N1CCC(C(=O)N2CCN(C(=O)C3CCCO3)CC2)CC1. The van der Waals surface area contributed by atoms with Gasteiger partial charge in [-0.3, -0.25) is 9.59 Å². The zero-order valence-corrected chi connectivity index (χ0v) is 15.1. The van der Waals surface area contributed by atoms with E-state index < -0.39 is 0 Å². The number of carbonyl (C=O) groups excluding carboxylic acids is 2. The van der Waals surface area contributed by atoms with Crippen LogP contribution in [0.5, 0.6) is 0 Å². The molecule has 0 aromatic rings. The normalized spacial score (nSPS) is 27.0. The topological polar surface area (TPSA) is 53.1 Å². The van der Waals surface area contributed by atoms with Gasteiger partial charge in [-0.1, -0.05) is 0 Å². The first-order chi connectivity index (χ1) is 11.6. The Labute approximate surface area is 145 Å². The largest absolute Gasteiger partial charge is 0.368 e. The van der Waals surface area contributed by atoms with Gasteiger partial charge in [-0.25, -0.2) is 0 Å². The molecule has 2 amide bonds. The monoisotopic (exact) mass is 337 g/mol. The summed E-state index contributed by atoms with van der Waals surface area (Å²) in [6.45, 7) is 9.80. The van der Waals surface area contributed by atoms with E-state index >= 15 is 0 Å². The Hall–Kier alpha value is -1.14. The van der Waals surface area contributed by atoms with Crippen molar-refractivity contribution in [3.63, 3.8) is 0 Å². The first-order valence-corrected chi connectivity index (χ1v) is 9.49. The number of piperidine rings is 1. The molecule has 0 N–H and O–H groups in total. The van der Waals surface area contributed by atoms with Crippen molar-refractivity contribution >= 4 is 11.8 Å². The van der Waals surface area contributed by atoms with Crippen LogP contribution in [0, 0.1) is 5.92 Å². The molecular formula is C18H31N3O3. The zero-order valence-electron chi connectivity index (χ0n) is 15.1. The molecule has 0 aromatic heterocycles. The number of carbonyl (C=O) groups is 2. The second-order valence-electron chi connectivity index (χ2n) is 7.56. The maximum atomic E-state index is 12.7. The van der Waals surface area contributed by atoms with E-state index in [-0.39, 0.29) is 17.9 Å². The molecule has 6 heteroatoms. The number of piperazine rings is 1. The molecule has 3 fully saturated rings. The van der Waals surface area contributed by atoms with Crippen molar-refractivity contribution in [1.29, 1.82) is 0 Å². The molecule has 0 radical (unpaired) electrons. The van der Waals surface area contributed by atoms with Crippen LogP contribution in [-0.4, -0.2) is 84.5 Å². The van der Waals surface area contributed by atoms with Crippen LogP contribution in [0.4, 0.5) is 0 Å². The van der Waals surface area contributed by atoms with E-state index in [4.69, 9.17) is 4.74 Å². The van der Waals surface area contributed by atoms with Gasteiger partial charge in [0.25, 0.3) is 5.91 Å². The summed E-state index contributed by atoms with van der Waals surface area (Å²) in [7, 11) is 0. The van der Waals surface area contributed by atoms with Gasteiger partial charge in [-0.2, -0.15) is 0 Å². The van der Waals surface area contributed by atoms with E-state index in [2.05, 4.69) is 18.7 Å². The summed E-state index contributed by atoms with van der Waals surface area (Å²) in [6.07, 6.45) is 3.50. The predicted octanol–water partition coefficient (Wildman–Crippen LogP) is 0.957. The van der Waals surface area contributed by atoms with Crippen LogP contribution in [-0.2, 0) is 14.3 Å². The molecule has 6 nitrogen and oxygen atoms in total. The van der Waals surface area contributed by atoms with Gasteiger partial charge in [0, 0.05) is 44.7 Å². The fourth-order valence-corrected chi connectivity index (χ4v) is 4.04. The van der Waals surface area contributed by atoms with Crippen molar-refractivity contribution in [2.75, 3.05) is 45.9 Å². The van der Waals surface area contributed by atoms with Crippen LogP contribution < -0.4 is 0 Å². The average molecular weight is 337 g/mol. The zero-order chi connectivity index (χ0) is 17.1.